The molecule has 13 heteroatoms. The van der Waals surface area contributed by atoms with Crippen molar-refractivity contribution in [3.05, 3.63) is 168 Å². The van der Waals surface area contributed by atoms with E-state index >= 15 is 0 Å². The summed E-state index contributed by atoms with van der Waals surface area (Å²) < 4.78 is 45.7. The lowest BCUT2D eigenvalue weighted by Gasteiger charge is -2.47. The Morgan fingerprint density at radius 1 is 0.623 bits per heavy atom. The van der Waals surface area contributed by atoms with E-state index in [1.165, 1.54) is 7.11 Å². The summed E-state index contributed by atoms with van der Waals surface area (Å²) in [5.74, 6) is -2.21. The summed E-state index contributed by atoms with van der Waals surface area (Å²) in [4.78, 5) is 42.3. The van der Waals surface area contributed by atoms with E-state index in [0.717, 1.165) is 10.4 Å². The zero-order valence-corrected chi connectivity index (χ0v) is 35.9. The van der Waals surface area contributed by atoms with Crippen molar-refractivity contribution in [3.8, 4) is 0 Å². The van der Waals surface area contributed by atoms with Gasteiger partial charge in [-0.25, -0.2) is 25.2 Å². The number of carbonyl (C=O) groups excluding carboxylic acids is 3. The number of hydrogen-bond acceptors (Lipinski definition) is 12. The molecule has 0 radical (unpaired) electrons. The van der Waals surface area contributed by atoms with Gasteiger partial charge in [-0.3, -0.25) is 0 Å². The molecule has 2 heterocycles. The van der Waals surface area contributed by atoms with Crippen LogP contribution in [0.5, 0.6) is 0 Å². The number of carbonyl (C=O) groups is 3. The third kappa shape index (κ3) is 10.2. The zero-order chi connectivity index (χ0) is 43.0. The fraction of sp³-hybridized carbons (Fsp3) is 0.312. The lowest BCUT2D eigenvalue weighted by molar-refractivity contribution is -0.332. The Labute approximate surface area is 357 Å². The molecule has 2 saturated heterocycles. The van der Waals surface area contributed by atoms with Gasteiger partial charge in [0.2, 0.25) is 6.29 Å². The van der Waals surface area contributed by atoms with E-state index in [9.17, 15) is 14.4 Å². The standard InChI is InChI=1S/C48H52N2O10Si/c1-47(2,3)61(36-27-17-9-18-28-36,37-29-19-10-20-30-37)55-32-38-40(58-43(51)33-21-11-6-12-22-33)41(59-44(52)34-23-13-7-14-24-34)42(60-45(53)35-25-15-8-16-26-35)46(56-38)57-39(54-5)31-48(4)49-50-48/h6-30,38-42,46,49-50H,31-32H2,1-5H3/t38-,39?,40+,41+,42-,46+/m1/s1. The number of rotatable bonds is 16. The highest BCUT2D eigenvalue weighted by atomic mass is 28.4. The molecule has 2 fully saturated rings. The van der Waals surface area contributed by atoms with Gasteiger partial charge in [0.15, 0.2) is 24.6 Å². The molecule has 318 valence electrons. The van der Waals surface area contributed by atoms with Crippen molar-refractivity contribution in [3.63, 3.8) is 0 Å². The molecule has 2 aliphatic rings. The number of ether oxygens (including phenoxy) is 6. The summed E-state index contributed by atoms with van der Waals surface area (Å²) in [6, 6.07) is 45.4. The van der Waals surface area contributed by atoms with E-state index in [4.69, 9.17) is 32.8 Å². The minimum absolute atomic E-state index is 0.156. The van der Waals surface area contributed by atoms with Crippen LogP contribution in [0.1, 0.15) is 65.2 Å². The number of esters is 3. The van der Waals surface area contributed by atoms with Gasteiger partial charge in [-0.1, -0.05) is 136 Å². The third-order valence-electron chi connectivity index (χ3n) is 10.9. The molecule has 0 aliphatic carbocycles. The SMILES string of the molecule is COC(CC1(C)NN1)O[C@@H]1O[C@H](CO[Si](c2ccccc2)(c2ccccc2)C(C)(C)C)[C@H](OC(=O)c2ccccc2)[C@H](OC(=O)c2ccccc2)[C@H]1OC(=O)c1ccccc1. The van der Waals surface area contributed by atoms with Crippen molar-refractivity contribution in [1.82, 2.24) is 10.9 Å². The quantitative estimate of drug-likeness (QED) is 0.0383. The molecule has 0 bridgehead atoms. The van der Waals surface area contributed by atoms with Crippen molar-refractivity contribution in [1.29, 1.82) is 0 Å². The van der Waals surface area contributed by atoms with E-state index in [2.05, 4.69) is 55.9 Å². The minimum atomic E-state index is -3.24. The average Bonchev–Trinajstić information content (AvgIpc) is 4.02. The maximum atomic E-state index is 14.2. The Bertz CT molecular complexity index is 2170. The number of methoxy groups -OCH3 is 1. The first-order valence-electron chi connectivity index (χ1n) is 20.3. The normalized spacial score (nSPS) is 21.4. The number of nitrogens with one attached hydrogen (secondary N) is 2. The Hall–Kier alpha value is -5.51. The molecule has 6 atom stereocenters. The van der Waals surface area contributed by atoms with Crippen molar-refractivity contribution in [2.24, 2.45) is 0 Å². The second-order valence-electron chi connectivity index (χ2n) is 16.3. The molecule has 1 unspecified atom stereocenters. The molecule has 0 aromatic heterocycles. The second kappa shape index (κ2) is 19.0. The topological polar surface area (TPSA) is 160 Å². The van der Waals surface area contributed by atoms with Gasteiger partial charge in [0, 0.05) is 13.5 Å². The molecule has 5 aromatic carbocycles. The van der Waals surface area contributed by atoms with Crippen LogP contribution in [0.4, 0.5) is 0 Å². The van der Waals surface area contributed by atoms with E-state index < -0.39 is 73.9 Å². The van der Waals surface area contributed by atoms with E-state index in [1.807, 2.05) is 43.3 Å². The largest absolute Gasteiger partial charge is 0.452 e. The fourth-order valence-corrected chi connectivity index (χ4v) is 12.2. The summed E-state index contributed by atoms with van der Waals surface area (Å²) in [5, 5.41) is 1.58. The summed E-state index contributed by atoms with van der Waals surface area (Å²) in [5.41, 5.74) is 6.36. The Balaban J connectivity index is 1.36. The molecule has 5 aromatic rings. The van der Waals surface area contributed by atoms with Crippen molar-refractivity contribution >= 4 is 36.6 Å². The van der Waals surface area contributed by atoms with Crippen LogP contribution in [0.3, 0.4) is 0 Å². The fourth-order valence-electron chi connectivity index (χ4n) is 7.67. The molecule has 2 aliphatic heterocycles. The summed E-state index contributed by atoms with van der Waals surface area (Å²) in [6.07, 6.45) is -7.53. The van der Waals surface area contributed by atoms with Crippen LogP contribution in [-0.4, -0.2) is 82.6 Å². The smallest absolute Gasteiger partial charge is 0.338 e. The Morgan fingerprint density at radius 3 is 1.41 bits per heavy atom. The monoisotopic (exact) mass is 844 g/mol. The number of benzene rings is 5. The van der Waals surface area contributed by atoms with Crippen LogP contribution in [0, 0.1) is 0 Å². The van der Waals surface area contributed by atoms with Gasteiger partial charge in [-0.15, -0.1) is 0 Å². The van der Waals surface area contributed by atoms with Gasteiger partial charge in [0.1, 0.15) is 6.10 Å². The van der Waals surface area contributed by atoms with Gasteiger partial charge in [0.25, 0.3) is 8.32 Å². The highest BCUT2D eigenvalue weighted by Crippen LogP contribution is 2.39. The van der Waals surface area contributed by atoms with Crippen LogP contribution in [0.25, 0.3) is 0 Å². The van der Waals surface area contributed by atoms with Crippen molar-refractivity contribution < 1.29 is 47.2 Å². The van der Waals surface area contributed by atoms with Crippen molar-refractivity contribution in [2.45, 2.75) is 81.8 Å². The lowest BCUT2D eigenvalue weighted by Crippen LogP contribution is -2.69. The molecular formula is C48H52N2O10Si. The van der Waals surface area contributed by atoms with Crippen LogP contribution >= 0.6 is 0 Å². The van der Waals surface area contributed by atoms with Crippen LogP contribution in [0.2, 0.25) is 5.04 Å². The summed E-state index contributed by atoms with van der Waals surface area (Å²) in [7, 11) is -1.75. The second-order valence-corrected chi connectivity index (χ2v) is 20.6. The highest BCUT2D eigenvalue weighted by Gasteiger charge is 2.57. The first kappa shape index (κ1) is 43.6. The van der Waals surface area contributed by atoms with E-state index in [0.29, 0.717) is 6.42 Å². The average molecular weight is 845 g/mol. The zero-order valence-electron chi connectivity index (χ0n) is 34.9. The summed E-state index contributed by atoms with van der Waals surface area (Å²) >= 11 is 0. The molecule has 61 heavy (non-hydrogen) atoms. The van der Waals surface area contributed by atoms with Crippen LogP contribution in [0.15, 0.2) is 152 Å². The number of hydrazine groups is 1. The predicted octanol–water partition coefficient (Wildman–Crippen LogP) is 6.17. The van der Waals surface area contributed by atoms with Gasteiger partial charge < -0.3 is 32.8 Å². The van der Waals surface area contributed by atoms with Gasteiger partial charge in [-0.05, 0) is 58.7 Å². The van der Waals surface area contributed by atoms with Gasteiger partial charge >= 0.3 is 17.9 Å². The van der Waals surface area contributed by atoms with Gasteiger partial charge in [-0.2, -0.15) is 0 Å². The maximum Gasteiger partial charge on any atom is 0.338 e. The Kier molecular flexibility index (Phi) is 13.6. The molecule has 0 amide bonds. The van der Waals surface area contributed by atoms with Crippen LogP contribution < -0.4 is 21.2 Å². The molecule has 0 saturated carbocycles. The Morgan fingerprint density at radius 2 is 1.02 bits per heavy atom. The predicted molar refractivity (Wildman–Crippen MR) is 230 cm³/mol. The maximum absolute atomic E-state index is 14.2. The molecule has 7 rings (SSSR count). The lowest BCUT2D eigenvalue weighted by atomic mass is 9.97. The molecule has 0 spiro atoms. The van der Waals surface area contributed by atoms with E-state index in [-0.39, 0.29) is 23.3 Å². The van der Waals surface area contributed by atoms with Gasteiger partial charge in [0.05, 0.1) is 29.0 Å². The molecule has 2 N–H and O–H groups in total. The number of hydrogen-bond donors (Lipinski definition) is 2. The highest BCUT2D eigenvalue weighted by molar-refractivity contribution is 6.99. The minimum Gasteiger partial charge on any atom is -0.452 e. The van der Waals surface area contributed by atoms with Crippen molar-refractivity contribution in [2.75, 3.05) is 13.7 Å². The molecule has 12 nitrogen and oxygen atoms in total. The third-order valence-corrected chi connectivity index (χ3v) is 15.9. The molecular weight excluding hydrogens is 793 g/mol. The van der Waals surface area contributed by atoms with E-state index in [1.54, 1.807) is 91.0 Å². The first-order chi connectivity index (χ1) is 29.4. The summed E-state index contributed by atoms with van der Waals surface area (Å²) in [6.45, 7) is 8.21. The first-order valence-corrected chi connectivity index (χ1v) is 22.2. The van der Waals surface area contributed by atoms with Crippen LogP contribution in [-0.2, 0) is 32.8 Å².